The molecule has 4 heteroatoms. The molecule has 0 heterocycles. The maximum atomic E-state index is 13.2. The van der Waals surface area contributed by atoms with Gasteiger partial charge in [0.2, 0.25) is 0 Å². The van der Waals surface area contributed by atoms with Gasteiger partial charge in [0.25, 0.3) is 0 Å². The molecule has 1 rings (SSSR count). The number of unbranched alkanes of at least 4 members (excludes halogenated alkanes) is 3. The number of nitrogen functional groups attached to an aromatic ring is 1. The predicted molar refractivity (Wildman–Crippen MR) is 72.6 cm³/mol. The number of benzene rings is 1. The monoisotopic (exact) mass is 256 g/mol. The van der Waals surface area contributed by atoms with Gasteiger partial charge in [-0.1, -0.05) is 32.6 Å². The van der Waals surface area contributed by atoms with Crippen molar-refractivity contribution in [2.45, 2.75) is 52.0 Å². The zero-order valence-electron chi connectivity index (χ0n) is 11.1. The average molecular weight is 256 g/mol. The van der Waals surface area contributed by atoms with E-state index in [2.05, 4.69) is 12.2 Å². The first-order valence-electron chi connectivity index (χ1n) is 6.55. The van der Waals surface area contributed by atoms with Crippen LogP contribution in [-0.2, 0) is 0 Å². The van der Waals surface area contributed by atoms with E-state index < -0.39 is 11.6 Å². The van der Waals surface area contributed by atoms with Crippen LogP contribution >= 0.6 is 0 Å². The standard InChI is InChI=1S/C14H22F2N2/c1-3-4-5-6-7-10(2)18-13-9-11(15)8-12(16)14(13)17/h8-10,18H,3-7,17H2,1-2H3. The van der Waals surface area contributed by atoms with Gasteiger partial charge in [0.15, 0.2) is 5.82 Å². The molecule has 0 aliphatic heterocycles. The van der Waals surface area contributed by atoms with E-state index in [1.165, 1.54) is 25.3 Å². The van der Waals surface area contributed by atoms with Crippen molar-refractivity contribution in [2.75, 3.05) is 11.1 Å². The maximum Gasteiger partial charge on any atom is 0.151 e. The maximum absolute atomic E-state index is 13.2. The summed E-state index contributed by atoms with van der Waals surface area (Å²) in [7, 11) is 0. The van der Waals surface area contributed by atoms with Gasteiger partial charge < -0.3 is 11.1 Å². The fourth-order valence-electron chi connectivity index (χ4n) is 1.92. The Labute approximate surface area is 108 Å². The second kappa shape index (κ2) is 7.19. The van der Waals surface area contributed by atoms with Gasteiger partial charge in [-0.3, -0.25) is 0 Å². The average Bonchev–Trinajstić information content (AvgIpc) is 2.31. The van der Waals surface area contributed by atoms with E-state index in [-0.39, 0.29) is 11.7 Å². The molecule has 0 aromatic heterocycles. The summed E-state index contributed by atoms with van der Waals surface area (Å²) in [4.78, 5) is 0. The molecule has 1 unspecified atom stereocenters. The minimum atomic E-state index is -0.712. The van der Waals surface area contributed by atoms with Crippen molar-refractivity contribution >= 4 is 11.4 Å². The van der Waals surface area contributed by atoms with E-state index in [0.29, 0.717) is 5.69 Å². The van der Waals surface area contributed by atoms with Crippen molar-refractivity contribution in [3.63, 3.8) is 0 Å². The first-order chi connectivity index (χ1) is 8.54. The second-order valence-electron chi connectivity index (χ2n) is 4.74. The SMILES string of the molecule is CCCCCCC(C)Nc1cc(F)cc(F)c1N. The molecule has 1 aromatic rings. The molecule has 0 saturated heterocycles. The second-order valence-corrected chi connectivity index (χ2v) is 4.74. The fraction of sp³-hybridized carbons (Fsp3) is 0.571. The third-order valence-electron chi connectivity index (χ3n) is 2.99. The third kappa shape index (κ3) is 4.51. The van der Waals surface area contributed by atoms with Crippen LogP contribution in [-0.4, -0.2) is 6.04 Å². The smallest absolute Gasteiger partial charge is 0.151 e. The highest BCUT2D eigenvalue weighted by molar-refractivity contribution is 5.67. The number of halogens is 2. The van der Waals surface area contributed by atoms with Crippen LogP contribution in [0.25, 0.3) is 0 Å². The van der Waals surface area contributed by atoms with Gasteiger partial charge in [0.05, 0.1) is 11.4 Å². The van der Waals surface area contributed by atoms with Gasteiger partial charge in [0, 0.05) is 12.1 Å². The lowest BCUT2D eigenvalue weighted by atomic mass is 10.1. The minimum Gasteiger partial charge on any atom is -0.395 e. The van der Waals surface area contributed by atoms with Crippen molar-refractivity contribution in [2.24, 2.45) is 0 Å². The summed E-state index contributed by atoms with van der Waals surface area (Å²) in [6.07, 6.45) is 5.69. The highest BCUT2D eigenvalue weighted by Gasteiger charge is 2.10. The van der Waals surface area contributed by atoms with Crippen LogP contribution in [0.2, 0.25) is 0 Å². The summed E-state index contributed by atoms with van der Waals surface area (Å²) in [6, 6.07) is 2.19. The molecule has 2 nitrogen and oxygen atoms in total. The molecule has 0 amide bonds. The van der Waals surface area contributed by atoms with Crippen LogP contribution in [0.1, 0.15) is 46.0 Å². The lowest BCUT2D eigenvalue weighted by molar-refractivity contribution is 0.581. The summed E-state index contributed by atoms with van der Waals surface area (Å²) >= 11 is 0. The highest BCUT2D eigenvalue weighted by atomic mass is 19.1. The molecule has 0 bridgehead atoms. The number of anilines is 2. The Morgan fingerprint density at radius 2 is 1.94 bits per heavy atom. The Kier molecular flexibility index (Phi) is 5.89. The molecule has 102 valence electrons. The quantitative estimate of drug-likeness (QED) is 0.563. The van der Waals surface area contributed by atoms with Crippen LogP contribution < -0.4 is 11.1 Å². The van der Waals surface area contributed by atoms with E-state index in [9.17, 15) is 8.78 Å². The molecule has 0 fully saturated rings. The van der Waals surface area contributed by atoms with E-state index in [1.54, 1.807) is 0 Å². The van der Waals surface area contributed by atoms with Crippen molar-refractivity contribution < 1.29 is 8.78 Å². The predicted octanol–water partition coefficient (Wildman–Crippen LogP) is 4.32. The van der Waals surface area contributed by atoms with Crippen LogP contribution in [0.15, 0.2) is 12.1 Å². The summed E-state index contributed by atoms with van der Waals surface area (Å²) in [6.45, 7) is 4.16. The third-order valence-corrected chi connectivity index (χ3v) is 2.99. The van der Waals surface area contributed by atoms with Gasteiger partial charge in [-0.25, -0.2) is 8.78 Å². The molecule has 0 saturated carbocycles. The Morgan fingerprint density at radius 1 is 1.22 bits per heavy atom. The molecule has 0 aliphatic carbocycles. The van der Waals surface area contributed by atoms with Gasteiger partial charge >= 0.3 is 0 Å². The Morgan fingerprint density at radius 3 is 2.61 bits per heavy atom. The highest BCUT2D eigenvalue weighted by Crippen LogP contribution is 2.24. The summed E-state index contributed by atoms with van der Waals surface area (Å²) < 4.78 is 26.3. The summed E-state index contributed by atoms with van der Waals surface area (Å²) in [5, 5.41) is 3.06. The number of nitrogens with one attached hydrogen (secondary N) is 1. The molecular weight excluding hydrogens is 234 g/mol. The van der Waals surface area contributed by atoms with Gasteiger partial charge in [-0.2, -0.15) is 0 Å². The van der Waals surface area contributed by atoms with Crippen molar-refractivity contribution in [3.8, 4) is 0 Å². The number of rotatable bonds is 7. The molecule has 3 N–H and O–H groups in total. The summed E-state index contributed by atoms with van der Waals surface area (Å²) in [5.41, 5.74) is 5.90. The number of hydrogen-bond acceptors (Lipinski definition) is 2. The Bertz CT molecular complexity index is 380. The largest absolute Gasteiger partial charge is 0.395 e. The van der Waals surface area contributed by atoms with E-state index >= 15 is 0 Å². The molecule has 18 heavy (non-hydrogen) atoms. The molecule has 1 atom stereocenters. The van der Waals surface area contributed by atoms with Crippen LogP contribution in [0.4, 0.5) is 20.2 Å². The molecular formula is C14H22F2N2. The lowest BCUT2D eigenvalue weighted by Crippen LogP contribution is -2.16. The first kappa shape index (κ1) is 14.7. The van der Waals surface area contributed by atoms with Crippen molar-refractivity contribution in [3.05, 3.63) is 23.8 Å². The molecule has 0 aliphatic rings. The summed E-state index contributed by atoms with van der Waals surface area (Å²) in [5.74, 6) is -1.32. The van der Waals surface area contributed by atoms with Crippen molar-refractivity contribution in [1.29, 1.82) is 0 Å². The molecule has 0 radical (unpaired) electrons. The normalized spacial score (nSPS) is 12.4. The number of nitrogens with two attached hydrogens (primary N) is 1. The zero-order valence-corrected chi connectivity index (χ0v) is 11.1. The fourth-order valence-corrected chi connectivity index (χ4v) is 1.92. The van der Waals surface area contributed by atoms with E-state index in [0.717, 1.165) is 18.9 Å². The van der Waals surface area contributed by atoms with Crippen LogP contribution in [0.5, 0.6) is 0 Å². The van der Waals surface area contributed by atoms with Crippen LogP contribution in [0.3, 0.4) is 0 Å². The van der Waals surface area contributed by atoms with E-state index in [4.69, 9.17) is 5.73 Å². The van der Waals surface area contributed by atoms with Crippen molar-refractivity contribution in [1.82, 2.24) is 0 Å². The lowest BCUT2D eigenvalue weighted by Gasteiger charge is -2.17. The molecule has 1 aromatic carbocycles. The number of hydrogen-bond donors (Lipinski definition) is 2. The van der Waals surface area contributed by atoms with Crippen LogP contribution in [0, 0.1) is 11.6 Å². The van der Waals surface area contributed by atoms with Gasteiger partial charge in [0.1, 0.15) is 5.82 Å². The Balaban J connectivity index is 2.51. The Hall–Kier alpha value is -1.32. The van der Waals surface area contributed by atoms with E-state index in [1.807, 2.05) is 6.92 Å². The first-order valence-corrected chi connectivity index (χ1v) is 6.55. The minimum absolute atomic E-state index is 0.0168. The zero-order chi connectivity index (χ0) is 13.5. The van der Waals surface area contributed by atoms with Gasteiger partial charge in [-0.15, -0.1) is 0 Å². The topological polar surface area (TPSA) is 38.0 Å². The molecule has 0 spiro atoms. The van der Waals surface area contributed by atoms with Gasteiger partial charge in [-0.05, 0) is 19.4 Å².